The highest BCUT2D eigenvalue weighted by molar-refractivity contribution is 6.67. The molecule has 0 aliphatic carbocycles. The molecule has 4 nitrogen and oxygen atoms in total. The maximum Gasteiger partial charge on any atom is 0.305 e. The summed E-state index contributed by atoms with van der Waals surface area (Å²) in [7, 11) is 0. The lowest BCUT2D eigenvalue weighted by molar-refractivity contribution is -0.143. The third-order valence-corrected chi connectivity index (χ3v) is 6.27. The molecule has 0 saturated carbocycles. The molecule has 0 saturated heterocycles. The van der Waals surface area contributed by atoms with E-state index in [1.54, 1.807) is 0 Å². The van der Waals surface area contributed by atoms with Crippen LogP contribution in [0.25, 0.3) is 0 Å². The van der Waals surface area contributed by atoms with Gasteiger partial charge in [0.2, 0.25) is 3.79 Å². The van der Waals surface area contributed by atoms with Crippen molar-refractivity contribution in [3.63, 3.8) is 0 Å². The molecule has 1 rings (SSSR count). The molecule has 0 bridgehead atoms. The van der Waals surface area contributed by atoms with Crippen LogP contribution in [-0.4, -0.2) is 32.9 Å². The Kier molecular flexibility index (Phi) is 16.6. The second kappa shape index (κ2) is 18.2. The van der Waals surface area contributed by atoms with Gasteiger partial charge >= 0.3 is 5.97 Å². The van der Waals surface area contributed by atoms with Gasteiger partial charge in [0.05, 0.1) is 0 Å². The molecular formula is C28H41Cl3O4. The number of ketones is 1. The highest BCUT2D eigenvalue weighted by atomic mass is 35.6. The molecule has 0 amide bonds. The molecule has 0 aliphatic rings. The standard InChI is InChI=1S/C28H41Cl3O4/c1-2-3-4-15-20-27(34,25(32)22-24-17-12-11-13-18-24)21-16-10-8-6-5-7-9-14-19-26(33)35-23-28(29,30)31/h10-13,16-18,34H,2-9,14-15,19-23H2,1H3/t27-/m1/s1. The van der Waals surface area contributed by atoms with Gasteiger partial charge in [-0.3, -0.25) is 9.59 Å². The summed E-state index contributed by atoms with van der Waals surface area (Å²) >= 11 is 16.7. The van der Waals surface area contributed by atoms with Gasteiger partial charge in [0.1, 0.15) is 12.2 Å². The van der Waals surface area contributed by atoms with Crippen molar-refractivity contribution in [3.05, 3.63) is 48.0 Å². The van der Waals surface area contributed by atoms with E-state index in [-0.39, 0.29) is 24.8 Å². The van der Waals surface area contributed by atoms with E-state index in [9.17, 15) is 14.7 Å². The fourth-order valence-corrected chi connectivity index (χ4v) is 4.00. The zero-order valence-electron chi connectivity index (χ0n) is 21.0. The van der Waals surface area contributed by atoms with E-state index >= 15 is 0 Å². The SMILES string of the molecule is CCCCCC[C@@](O)(CC=CCCCCCCCC(=O)OCC(Cl)(Cl)Cl)C(=O)Cc1ccccc1. The minimum Gasteiger partial charge on any atom is -0.461 e. The molecule has 0 radical (unpaired) electrons. The fourth-order valence-electron chi connectivity index (χ4n) is 3.84. The minimum absolute atomic E-state index is 0.0998. The topological polar surface area (TPSA) is 63.6 Å². The van der Waals surface area contributed by atoms with Crippen molar-refractivity contribution in [2.75, 3.05) is 6.61 Å². The first-order chi connectivity index (χ1) is 16.7. The number of alkyl halides is 3. The summed E-state index contributed by atoms with van der Waals surface area (Å²) in [4.78, 5) is 24.5. The maximum atomic E-state index is 13.0. The summed E-state index contributed by atoms with van der Waals surface area (Å²) in [5.74, 6) is -0.444. The number of unbranched alkanes of at least 4 members (excludes halogenated alkanes) is 8. The molecule has 1 aromatic rings. The molecule has 0 spiro atoms. The fraction of sp³-hybridized carbons (Fsp3) is 0.643. The first-order valence-corrected chi connectivity index (χ1v) is 14.0. The molecule has 0 fully saturated rings. The smallest absolute Gasteiger partial charge is 0.305 e. The predicted octanol–water partition coefficient (Wildman–Crippen LogP) is 8.09. The molecule has 198 valence electrons. The number of esters is 1. The van der Waals surface area contributed by atoms with Crippen molar-refractivity contribution in [1.29, 1.82) is 0 Å². The predicted molar refractivity (Wildman–Crippen MR) is 146 cm³/mol. The van der Waals surface area contributed by atoms with Crippen LogP contribution in [-0.2, 0) is 20.7 Å². The van der Waals surface area contributed by atoms with Crippen molar-refractivity contribution in [3.8, 4) is 0 Å². The summed E-state index contributed by atoms with van der Waals surface area (Å²) in [6.45, 7) is 1.92. The lowest BCUT2D eigenvalue weighted by Gasteiger charge is -2.26. The summed E-state index contributed by atoms with van der Waals surface area (Å²) in [6, 6.07) is 9.62. The molecule has 1 atom stereocenters. The number of aliphatic hydroxyl groups is 1. The normalized spacial score (nSPS) is 13.6. The van der Waals surface area contributed by atoms with Crippen LogP contribution in [0.1, 0.15) is 96.0 Å². The number of halogens is 3. The van der Waals surface area contributed by atoms with Crippen LogP contribution < -0.4 is 0 Å². The van der Waals surface area contributed by atoms with Gasteiger partial charge in [-0.15, -0.1) is 0 Å². The second-order valence-corrected chi connectivity index (χ2v) is 11.7. The first kappa shape index (κ1) is 32.0. The van der Waals surface area contributed by atoms with E-state index in [0.717, 1.165) is 69.8 Å². The zero-order chi connectivity index (χ0) is 26.0. The van der Waals surface area contributed by atoms with Crippen LogP contribution >= 0.6 is 34.8 Å². The Morgan fingerprint density at radius 3 is 2.26 bits per heavy atom. The van der Waals surface area contributed by atoms with Gasteiger partial charge in [-0.1, -0.05) is 129 Å². The number of carbonyl (C=O) groups is 2. The molecule has 35 heavy (non-hydrogen) atoms. The average Bonchev–Trinajstić information content (AvgIpc) is 2.82. The molecule has 0 unspecified atom stereocenters. The Balaban J connectivity index is 2.31. The van der Waals surface area contributed by atoms with Crippen molar-refractivity contribution >= 4 is 46.6 Å². The van der Waals surface area contributed by atoms with Crippen molar-refractivity contribution in [2.24, 2.45) is 0 Å². The third-order valence-electron chi connectivity index (χ3n) is 5.94. The van der Waals surface area contributed by atoms with Gasteiger partial charge in [-0.25, -0.2) is 0 Å². The van der Waals surface area contributed by atoms with Crippen molar-refractivity contribution in [1.82, 2.24) is 0 Å². The summed E-state index contributed by atoms with van der Waals surface area (Å²) in [5, 5.41) is 11.2. The summed E-state index contributed by atoms with van der Waals surface area (Å²) < 4.78 is 3.34. The van der Waals surface area contributed by atoms with Crippen LogP contribution in [0, 0.1) is 0 Å². The summed E-state index contributed by atoms with van der Waals surface area (Å²) in [6.07, 6.45) is 15.3. The number of carbonyl (C=O) groups excluding carboxylic acids is 2. The zero-order valence-corrected chi connectivity index (χ0v) is 23.2. The molecule has 0 aromatic heterocycles. The number of Topliss-reactive ketones (excluding diaryl/α,β-unsaturated/α-hetero) is 1. The Morgan fingerprint density at radius 1 is 0.914 bits per heavy atom. The van der Waals surface area contributed by atoms with Crippen LogP contribution in [0.4, 0.5) is 0 Å². The van der Waals surface area contributed by atoms with Crippen molar-refractivity contribution in [2.45, 2.75) is 106 Å². The van der Waals surface area contributed by atoms with Crippen LogP contribution in [0.3, 0.4) is 0 Å². The Labute approximate surface area is 226 Å². The Bertz CT molecular complexity index is 746. The van der Waals surface area contributed by atoms with Crippen molar-refractivity contribution < 1.29 is 19.4 Å². The second-order valence-electron chi connectivity index (χ2n) is 9.19. The van der Waals surface area contributed by atoms with Gasteiger partial charge in [0.25, 0.3) is 0 Å². The van der Waals surface area contributed by atoms with Gasteiger partial charge in [0.15, 0.2) is 5.78 Å². The lowest BCUT2D eigenvalue weighted by atomic mass is 9.85. The number of hydrogen-bond donors (Lipinski definition) is 1. The number of ether oxygens (including phenoxy) is 1. The monoisotopic (exact) mass is 546 g/mol. The highest BCUT2D eigenvalue weighted by Gasteiger charge is 2.33. The number of hydrogen-bond acceptors (Lipinski definition) is 4. The van der Waals surface area contributed by atoms with E-state index in [1.807, 2.05) is 36.4 Å². The van der Waals surface area contributed by atoms with E-state index in [0.29, 0.717) is 19.3 Å². The Morgan fingerprint density at radius 2 is 1.57 bits per heavy atom. The van der Waals surface area contributed by atoms with Crippen LogP contribution in [0.15, 0.2) is 42.5 Å². The van der Waals surface area contributed by atoms with E-state index in [2.05, 4.69) is 13.0 Å². The Hall–Kier alpha value is -1.07. The number of benzene rings is 1. The molecule has 0 heterocycles. The van der Waals surface area contributed by atoms with Gasteiger partial charge in [0, 0.05) is 19.3 Å². The van der Waals surface area contributed by atoms with Gasteiger partial charge in [-0.2, -0.15) is 0 Å². The van der Waals surface area contributed by atoms with Crippen LogP contribution in [0.5, 0.6) is 0 Å². The number of allylic oxidation sites excluding steroid dienone is 1. The largest absolute Gasteiger partial charge is 0.461 e. The molecular weight excluding hydrogens is 507 g/mol. The van der Waals surface area contributed by atoms with Gasteiger partial charge in [-0.05, 0) is 31.2 Å². The number of rotatable bonds is 19. The molecule has 0 aliphatic heterocycles. The van der Waals surface area contributed by atoms with E-state index < -0.39 is 9.39 Å². The van der Waals surface area contributed by atoms with E-state index in [4.69, 9.17) is 39.5 Å². The first-order valence-electron chi connectivity index (χ1n) is 12.8. The minimum atomic E-state index is -1.57. The van der Waals surface area contributed by atoms with Gasteiger partial charge < -0.3 is 9.84 Å². The van der Waals surface area contributed by atoms with Crippen LogP contribution in [0.2, 0.25) is 0 Å². The molecule has 7 heteroatoms. The maximum absolute atomic E-state index is 13.0. The lowest BCUT2D eigenvalue weighted by Crippen LogP contribution is -2.39. The quantitative estimate of drug-likeness (QED) is 0.0822. The highest BCUT2D eigenvalue weighted by Crippen LogP contribution is 2.26. The van der Waals surface area contributed by atoms with E-state index in [1.165, 1.54) is 0 Å². The third kappa shape index (κ3) is 16.3. The summed E-state index contributed by atoms with van der Waals surface area (Å²) in [5.41, 5.74) is -0.364. The molecule has 1 N–H and O–H groups in total. The molecule has 1 aromatic carbocycles. The average molecular weight is 548 g/mol.